The van der Waals surface area contributed by atoms with Crippen molar-refractivity contribution in [3.05, 3.63) is 97.2 Å². The van der Waals surface area contributed by atoms with Gasteiger partial charge in [0.05, 0.1) is 0 Å². The van der Waals surface area contributed by atoms with Gasteiger partial charge < -0.3 is 14.2 Å². The number of hydrogen-bond acceptors (Lipinski definition) is 6. The van der Waals surface area contributed by atoms with E-state index in [1.807, 2.05) is 0 Å². The minimum Gasteiger partial charge on any atom is -0.462 e. The van der Waals surface area contributed by atoms with Gasteiger partial charge in [0.25, 0.3) is 0 Å². The van der Waals surface area contributed by atoms with Gasteiger partial charge in [-0.2, -0.15) is 0 Å². The topological polar surface area (TPSA) is 78.9 Å². The van der Waals surface area contributed by atoms with Crippen LogP contribution in [-0.2, 0) is 28.6 Å². The van der Waals surface area contributed by atoms with E-state index >= 15 is 0 Å². The SMILES string of the molecule is CC/C=C\C/C=C\C/C=C\C/C=C\CCCCCCCCCCCCCCC(=O)OCC(COC(=O)CCCC/C=C\C/C=C\C/C=C\C/C=C\CC)OC(=O)CCCCCCCCCCCCCCCCCCCCCCCC. The van der Waals surface area contributed by atoms with E-state index in [1.54, 1.807) is 0 Å². The number of rotatable bonds is 62. The Kier molecular flexibility index (Phi) is 64.7. The average Bonchev–Trinajstić information content (AvgIpc) is 3.46. The Morgan fingerprint density at radius 1 is 0.263 bits per heavy atom. The number of carbonyl (C=O) groups excluding carboxylic acids is 3. The maximum absolute atomic E-state index is 13.0. The summed E-state index contributed by atoms with van der Waals surface area (Å²) in [6.45, 7) is 6.42. The molecule has 6 nitrogen and oxygen atoms in total. The molecule has 1 atom stereocenters. The van der Waals surface area contributed by atoms with Crippen LogP contribution >= 0.6 is 0 Å². The Balaban J connectivity index is 4.34. The minimum absolute atomic E-state index is 0.0890. The highest BCUT2D eigenvalue weighted by molar-refractivity contribution is 5.71. The molecule has 80 heavy (non-hydrogen) atoms. The fraction of sp³-hybridized carbons (Fsp3) is 0.743. The molecule has 0 heterocycles. The second-order valence-electron chi connectivity index (χ2n) is 22.7. The summed E-state index contributed by atoms with van der Waals surface area (Å²) in [5.41, 5.74) is 0. The molecule has 0 spiro atoms. The van der Waals surface area contributed by atoms with E-state index in [2.05, 4.69) is 118 Å². The van der Waals surface area contributed by atoms with Crippen LogP contribution < -0.4 is 0 Å². The lowest BCUT2D eigenvalue weighted by molar-refractivity contribution is -0.167. The first-order valence-electron chi connectivity index (χ1n) is 34.2. The molecule has 6 heteroatoms. The average molecular weight is 1110 g/mol. The van der Waals surface area contributed by atoms with Crippen LogP contribution in [-0.4, -0.2) is 37.2 Å². The van der Waals surface area contributed by atoms with Gasteiger partial charge in [-0.25, -0.2) is 0 Å². The molecule has 0 fully saturated rings. The fourth-order valence-electron chi connectivity index (χ4n) is 9.78. The van der Waals surface area contributed by atoms with E-state index in [9.17, 15) is 14.4 Å². The van der Waals surface area contributed by atoms with Crippen molar-refractivity contribution in [3.8, 4) is 0 Å². The van der Waals surface area contributed by atoms with Gasteiger partial charge in [-0.05, 0) is 96.3 Å². The van der Waals surface area contributed by atoms with Crippen LogP contribution in [0, 0.1) is 0 Å². The number of unbranched alkanes of at least 4 members (excludes halogenated alkanes) is 35. The summed E-state index contributed by atoms with van der Waals surface area (Å²) in [5, 5.41) is 0. The van der Waals surface area contributed by atoms with Crippen molar-refractivity contribution in [1.29, 1.82) is 0 Å². The molecule has 0 saturated heterocycles. The molecule has 0 N–H and O–H groups in total. The molecule has 0 aromatic heterocycles. The van der Waals surface area contributed by atoms with Gasteiger partial charge >= 0.3 is 17.9 Å². The third kappa shape index (κ3) is 65.1. The van der Waals surface area contributed by atoms with Crippen molar-refractivity contribution < 1.29 is 28.6 Å². The molecule has 0 aromatic carbocycles. The smallest absolute Gasteiger partial charge is 0.306 e. The van der Waals surface area contributed by atoms with Crippen LogP contribution in [0.5, 0.6) is 0 Å². The summed E-state index contributed by atoms with van der Waals surface area (Å²) in [6, 6.07) is 0. The third-order valence-corrected chi connectivity index (χ3v) is 14.8. The first-order chi connectivity index (χ1) is 39.5. The van der Waals surface area contributed by atoms with E-state index in [0.717, 1.165) is 109 Å². The molecule has 0 radical (unpaired) electrons. The zero-order valence-electron chi connectivity index (χ0n) is 52.8. The van der Waals surface area contributed by atoms with E-state index in [1.165, 1.54) is 186 Å². The first-order valence-corrected chi connectivity index (χ1v) is 34.2. The first kappa shape index (κ1) is 76.3. The number of allylic oxidation sites excluding steroid dienone is 16. The zero-order chi connectivity index (χ0) is 57.8. The molecule has 0 saturated carbocycles. The van der Waals surface area contributed by atoms with Crippen LogP contribution in [0.15, 0.2) is 97.2 Å². The Morgan fingerprint density at radius 3 is 0.787 bits per heavy atom. The van der Waals surface area contributed by atoms with Crippen LogP contribution in [0.1, 0.15) is 335 Å². The van der Waals surface area contributed by atoms with Gasteiger partial charge in [-0.15, -0.1) is 0 Å². The molecule has 0 bridgehead atoms. The van der Waals surface area contributed by atoms with Crippen molar-refractivity contribution in [3.63, 3.8) is 0 Å². The lowest BCUT2D eigenvalue weighted by atomic mass is 10.0. The van der Waals surface area contributed by atoms with E-state index < -0.39 is 6.10 Å². The summed E-state index contributed by atoms with van der Waals surface area (Å²) < 4.78 is 16.9. The highest BCUT2D eigenvalue weighted by atomic mass is 16.6. The third-order valence-electron chi connectivity index (χ3n) is 14.8. The monoisotopic (exact) mass is 1110 g/mol. The minimum atomic E-state index is -0.796. The highest BCUT2D eigenvalue weighted by Crippen LogP contribution is 2.18. The molecule has 0 rings (SSSR count). The number of hydrogen-bond donors (Lipinski definition) is 0. The fourth-order valence-corrected chi connectivity index (χ4v) is 9.78. The largest absolute Gasteiger partial charge is 0.462 e. The number of ether oxygens (including phenoxy) is 3. The lowest BCUT2D eigenvalue weighted by Crippen LogP contribution is -2.30. The molecule has 0 aliphatic carbocycles. The Hall–Kier alpha value is -3.67. The van der Waals surface area contributed by atoms with Crippen molar-refractivity contribution in [2.75, 3.05) is 13.2 Å². The number of carbonyl (C=O) groups is 3. The van der Waals surface area contributed by atoms with E-state index in [0.29, 0.717) is 19.3 Å². The molecular formula is C74H128O6. The number of esters is 3. The summed E-state index contributed by atoms with van der Waals surface area (Å²) in [7, 11) is 0. The molecular weight excluding hydrogens is 985 g/mol. The molecule has 460 valence electrons. The van der Waals surface area contributed by atoms with Crippen molar-refractivity contribution in [2.45, 2.75) is 341 Å². The summed E-state index contributed by atoms with van der Waals surface area (Å²) in [4.78, 5) is 38.4. The highest BCUT2D eigenvalue weighted by Gasteiger charge is 2.19. The standard InChI is InChI=1S/C74H128O6/c1-4-7-10-13-16-19-22-25-28-30-32-34-36-37-38-40-41-43-46-49-52-55-58-61-64-67-73(76)79-70-71(69-78-72(75)66-63-60-57-54-51-48-45-27-24-21-18-15-12-9-6-3)80-74(77)68-65-62-59-56-53-50-47-44-42-39-35-33-31-29-26-23-20-17-14-11-8-5-2/h7,9-10,12,16,18-19,21,25,27-28,32,34,45,51,54,71H,4-6,8,11,13-15,17,20,22-24,26,29-31,33,35-44,46-50,52-53,55-70H2,1-3H3/b10-7-,12-9-,19-16-,21-18-,28-25-,34-32-,45-27-,54-51-. The quantitative estimate of drug-likeness (QED) is 0.0261. The maximum Gasteiger partial charge on any atom is 0.306 e. The Bertz CT molecular complexity index is 1560. The van der Waals surface area contributed by atoms with E-state index in [-0.39, 0.29) is 31.1 Å². The van der Waals surface area contributed by atoms with Gasteiger partial charge in [0, 0.05) is 19.3 Å². The summed E-state index contributed by atoms with van der Waals surface area (Å²) in [6.07, 6.45) is 91.5. The van der Waals surface area contributed by atoms with Crippen LogP contribution in [0.2, 0.25) is 0 Å². The van der Waals surface area contributed by atoms with E-state index in [4.69, 9.17) is 14.2 Å². The molecule has 1 unspecified atom stereocenters. The van der Waals surface area contributed by atoms with Gasteiger partial charge in [0.1, 0.15) is 13.2 Å². The summed E-state index contributed by atoms with van der Waals surface area (Å²) >= 11 is 0. The van der Waals surface area contributed by atoms with Crippen molar-refractivity contribution >= 4 is 17.9 Å². The second kappa shape index (κ2) is 67.8. The maximum atomic E-state index is 13.0. The van der Waals surface area contributed by atoms with Gasteiger partial charge in [0.15, 0.2) is 6.10 Å². The molecule has 0 aliphatic rings. The van der Waals surface area contributed by atoms with Crippen molar-refractivity contribution in [2.24, 2.45) is 0 Å². The Labute approximate surface area is 496 Å². The normalized spacial score (nSPS) is 12.7. The summed E-state index contributed by atoms with van der Waals surface area (Å²) in [5.74, 6) is -0.917. The van der Waals surface area contributed by atoms with Crippen LogP contribution in [0.3, 0.4) is 0 Å². The van der Waals surface area contributed by atoms with Crippen LogP contribution in [0.25, 0.3) is 0 Å². The predicted molar refractivity (Wildman–Crippen MR) is 348 cm³/mol. The zero-order valence-corrected chi connectivity index (χ0v) is 52.8. The van der Waals surface area contributed by atoms with Gasteiger partial charge in [-0.3, -0.25) is 14.4 Å². The molecule has 0 aromatic rings. The lowest BCUT2D eigenvalue weighted by Gasteiger charge is -2.18. The Morgan fingerprint density at radius 2 is 0.487 bits per heavy atom. The molecule has 0 amide bonds. The predicted octanol–water partition coefficient (Wildman–Crippen LogP) is 23.6. The van der Waals surface area contributed by atoms with Gasteiger partial charge in [-0.1, -0.05) is 317 Å². The van der Waals surface area contributed by atoms with Crippen LogP contribution in [0.4, 0.5) is 0 Å². The van der Waals surface area contributed by atoms with Crippen molar-refractivity contribution in [1.82, 2.24) is 0 Å². The van der Waals surface area contributed by atoms with Gasteiger partial charge in [0.2, 0.25) is 0 Å². The second-order valence-corrected chi connectivity index (χ2v) is 22.7. The molecule has 0 aliphatic heterocycles.